The minimum atomic E-state index is -4.31. The Bertz CT molecular complexity index is 462. The second-order valence-electron chi connectivity index (χ2n) is 3.47. The van der Waals surface area contributed by atoms with Gasteiger partial charge in [0.15, 0.2) is 0 Å². The fraction of sp³-hybridized carbons (Fsp3) is 0.364. The summed E-state index contributed by atoms with van der Waals surface area (Å²) >= 11 is -0.203. The van der Waals surface area contributed by atoms with Crippen LogP contribution in [0.4, 0.5) is 17.6 Å². The number of hydrogen-bond donors (Lipinski definition) is 1. The van der Waals surface area contributed by atoms with Crippen molar-refractivity contribution in [1.29, 1.82) is 0 Å². The Hall–Kier alpha value is -1.44. The van der Waals surface area contributed by atoms with Crippen LogP contribution in [0.5, 0.6) is 5.75 Å². The normalized spacial score (nSPS) is 12.6. The third kappa shape index (κ3) is 5.37. The van der Waals surface area contributed by atoms with Crippen LogP contribution in [-0.4, -0.2) is 28.8 Å². The maximum Gasteiger partial charge on any atom is 0.441 e. The van der Waals surface area contributed by atoms with Gasteiger partial charge in [-0.05, 0) is 36.9 Å². The van der Waals surface area contributed by atoms with Crippen LogP contribution >= 0.6 is 11.8 Å². The fourth-order valence-corrected chi connectivity index (χ4v) is 1.67. The second-order valence-corrected chi connectivity index (χ2v) is 4.63. The van der Waals surface area contributed by atoms with E-state index in [1.807, 2.05) is 0 Å². The molecule has 0 atom stereocenters. The molecule has 0 unspecified atom stereocenters. The molecule has 0 saturated carbocycles. The molecule has 0 bridgehead atoms. The first-order valence-electron chi connectivity index (χ1n) is 5.15. The first kappa shape index (κ1) is 15.6. The van der Waals surface area contributed by atoms with Crippen LogP contribution < -0.4 is 4.74 Å². The van der Waals surface area contributed by atoms with Gasteiger partial charge in [0.25, 0.3) is 0 Å². The summed E-state index contributed by atoms with van der Waals surface area (Å²) in [6.45, 7) is 1.23. The Morgan fingerprint density at radius 1 is 1.42 bits per heavy atom. The second kappa shape index (κ2) is 6.65. The van der Waals surface area contributed by atoms with Crippen LogP contribution in [0, 0.1) is 5.82 Å². The zero-order valence-electron chi connectivity index (χ0n) is 9.87. The van der Waals surface area contributed by atoms with E-state index >= 15 is 0 Å². The molecule has 0 radical (unpaired) electrons. The van der Waals surface area contributed by atoms with E-state index in [1.165, 1.54) is 13.0 Å². The number of halogens is 4. The van der Waals surface area contributed by atoms with E-state index in [0.29, 0.717) is 0 Å². The number of oxime groups is 1. The van der Waals surface area contributed by atoms with Crippen molar-refractivity contribution in [2.75, 3.05) is 12.4 Å². The summed E-state index contributed by atoms with van der Waals surface area (Å²) < 4.78 is 53.9. The van der Waals surface area contributed by atoms with Crippen LogP contribution in [0.3, 0.4) is 0 Å². The Kier molecular flexibility index (Phi) is 5.46. The van der Waals surface area contributed by atoms with Gasteiger partial charge in [0.05, 0.1) is 12.3 Å². The molecule has 1 aromatic carbocycles. The van der Waals surface area contributed by atoms with Crippen LogP contribution in [-0.2, 0) is 0 Å². The van der Waals surface area contributed by atoms with E-state index in [2.05, 4.69) is 5.16 Å². The third-order valence-electron chi connectivity index (χ3n) is 2.09. The van der Waals surface area contributed by atoms with Crippen LogP contribution in [0.2, 0.25) is 0 Å². The molecule has 0 heterocycles. The van der Waals surface area contributed by atoms with E-state index in [-0.39, 0.29) is 41.1 Å². The highest BCUT2D eigenvalue weighted by Crippen LogP contribution is 2.30. The van der Waals surface area contributed by atoms with Crippen molar-refractivity contribution in [2.45, 2.75) is 12.4 Å². The van der Waals surface area contributed by atoms with Gasteiger partial charge in [-0.25, -0.2) is 4.39 Å². The lowest BCUT2D eigenvalue weighted by Gasteiger charge is -2.11. The highest BCUT2D eigenvalue weighted by atomic mass is 32.2. The number of ether oxygens (including phenoxy) is 1. The van der Waals surface area contributed by atoms with Gasteiger partial charge in [-0.1, -0.05) is 5.16 Å². The molecule has 0 amide bonds. The van der Waals surface area contributed by atoms with Gasteiger partial charge in [-0.2, -0.15) is 13.2 Å². The van der Waals surface area contributed by atoms with Crippen LogP contribution in [0.25, 0.3) is 0 Å². The largest absolute Gasteiger partial charge is 0.492 e. The number of benzene rings is 1. The van der Waals surface area contributed by atoms with Gasteiger partial charge in [0.2, 0.25) is 0 Å². The van der Waals surface area contributed by atoms with Crippen molar-refractivity contribution in [3.63, 3.8) is 0 Å². The third-order valence-corrected chi connectivity index (χ3v) is 2.79. The van der Waals surface area contributed by atoms with E-state index in [1.54, 1.807) is 0 Å². The van der Waals surface area contributed by atoms with Crippen LogP contribution in [0.15, 0.2) is 23.4 Å². The molecule has 0 aromatic heterocycles. The van der Waals surface area contributed by atoms with Gasteiger partial charge < -0.3 is 9.94 Å². The van der Waals surface area contributed by atoms with E-state index in [4.69, 9.17) is 9.94 Å². The summed E-state index contributed by atoms with van der Waals surface area (Å²) in [4.78, 5) is 0. The predicted octanol–water partition coefficient (Wildman–Crippen LogP) is 3.66. The number of alkyl halides is 3. The Labute approximate surface area is 111 Å². The predicted molar refractivity (Wildman–Crippen MR) is 64.4 cm³/mol. The molecule has 3 nitrogen and oxygen atoms in total. The minimum absolute atomic E-state index is 0.109. The number of hydrogen-bond acceptors (Lipinski definition) is 4. The lowest BCUT2D eigenvalue weighted by molar-refractivity contribution is -0.0329. The van der Waals surface area contributed by atoms with Gasteiger partial charge in [-0.15, -0.1) is 0 Å². The average Bonchev–Trinajstić information content (AvgIpc) is 2.33. The van der Waals surface area contributed by atoms with E-state index in [9.17, 15) is 17.6 Å². The standard InChI is InChI=1S/C11H11F4NO2S/c1-7(16-17)9-6-8(12)2-3-10(9)18-4-5-19-11(13,14)15/h2-3,6,17H,4-5H2,1H3/b16-7-. The lowest BCUT2D eigenvalue weighted by Crippen LogP contribution is -2.09. The molecule has 0 saturated heterocycles. The van der Waals surface area contributed by atoms with Gasteiger partial charge >= 0.3 is 5.51 Å². The summed E-state index contributed by atoms with van der Waals surface area (Å²) in [5.41, 5.74) is -4.00. The Balaban J connectivity index is 2.68. The minimum Gasteiger partial charge on any atom is -0.492 e. The Morgan fingerprint density at radius 3 is 2.68 bits per heavy atom. The number of nitrogens with zero attached hydrogens (tertiary/aromatic N) is 1. The molecule has 0 aliphatic rings. The number of thioether (sulfide) groups is 1. The highest BCUT2D eigenvalue weighted by molar-refractivity contribution is 8.00. The maximum absolute atomic E-state index is 13.0. The summed E-state index contributed by atoms with van der Waals surface area (Å²) in [5.74, 6) is -0.676. The summed E-state index contributed by atoms with van der Waals surface area (Å²) in [5, 5.41) is 11.6. The molecule has 0 spiro atoms. The molecular formula is C11H11F4NO2S. The SMILES string of the molecule is C/C(=N/O)c1cc(F)ccc1OCCSC(F)(F)F. The Morgan fingerprint density at radius 2 is 2.11 bits per heavy atom. The van der Waals surface area contributed by atoms with Crippen molar-refractivity contribution in [3.8, 4) is 5.75 Å². The molecule has 19 heavy (non-hydrogen) atoms. The van der Waals surface area contributed by atoms with Crippen molar-refractivity contribution in [3.05, 3.63) is 29.6 Å². The van der Waals surface area contributed by atoms with Crippen molar-refractivity contribution in [1.82, 2.24) is 0 Å². The van der Waals surface area contributed by atoms with Crippen molar-refractivity contribution < 1.29 is 27.5 Å². The molecule has 1 aromatic rings. The molecular weight excluding hydrogens is 286 g/mol. The van der Waals surface area contributed by atoms with E-state index in [0.717, 1.165) is 12.1 Å². The van der Waals surface area contributed by atoms with Gasteiger partial charge in [0, 0.05) is 11.3 Å². The molecule has 8 heteroatoms. The first-order valence-corrected chi connectivity index (χ1v) is 6.14. The lowest BCUT2D eigenvalue weighted by atomic mass is 10.1. The maximum atomic E-state index is 13.0. The number of rotatable bonds is 5. The molecule has 0 fully saturated rings. The van der Waals surface area contributed by atoms with Crippen LogP contribution in [0.1, 0.15) is 12.5 Å². The van der Waals surface area contributed by atoms with Crippen molar-refractivity contribution in [2.24, 2.45) is 5.16 Å². The molecule has 1 N–H and O–H groups in total. The topological polar surface area (TPSA) is 41.8 Å². The average molecular weight is 297 g/mol. The molecule has 0 aliphatic heterocycles. The van der Waals surface area contributed by atoms with E-state index < -0.39 is 11.3 Å². The molecule has 106 valence electrons. The molecule has 1 rings (SSSR count). The zero-order valence-corrected chi connectivity index (χ0v) is 10.7. The van der Waals surface area contributed by atoms with Crippen molar-refractivity contribution >= 4 is 17.5 Å². The zero-order chi connectivity index (χ0) is 14.5. The molecule has 0 aliphatic carbocycles. The summed E-state index contributed by atoms with van der Waals surface area (Å²) in [6, 6.07) is 3.47. The summed E-state index contributed by atoms with van der Waals surface area (Å²) in [6.07, 6.45) is 0. The van der Waals surface area contributed by atoms with Gasteiger partial charge in [-0.3, -0.25) is 0 Å². The first-order chi connectivity index (χ1) is 8.83. The quantitative estimate of drug-likeness (QED) is 0.296. The highest BCUT2D eigenvalue weighted by Gasteiger charge is 2.27. The fourth-order valence-electron chi connectivity index (χ4n) is 1.27. The monoisotopic (exact) mass is 297 g/mol. The smallest absolute Gasteiger partial charge is 0.441 e. The van der Waals surface area contributed by atoms with Gasteiger partial charge in [0.1, 0.15) is 11.6 Å². The summed E-state index contributed by atoms with van der Waals surface area (Å²) in [7, 11) is 0.